The van der Waals surface area contributed by atoms with Gasteiger partial charge >= 0.3 is 0 Å². The van der Waals surface area contributed by atoms with Crippen LogP contribution in [0.1, 0.15) is 27.2 Å². The van der Waals surface area contributed by atoms with Gasteiger partial charge in [-0.15, -0.1) is 0 Å². The van der Waals surface area contributed by atoms with Gasteiger partial charge in [0.05, 0.1) is 0 Å². The molecule has 0 radical (unpaired) electrons. The van der Waals surface area contributed by atoms with E-state index in [-0.39, 0.29) is 0 Å². The zero-order valence-corrected chi connectivity index (χ0v) is 8.80. The Bertz CT molecular complexity index is 168. The number of rotatable bonds is 1. The average molecular weight is 167 g/mol. The second-order valence-corrected chi connectivity index (χ2v) is 5.98. The molecule has 1 heteroatoms. The first-order valence-corrected chi connectivity index (χ1v) is 5.16. The van der Waals surface area contributed by atoms with Gasteiger partial charge in [0.1, 0.15) is 0 Å². The van der Waals surface area contributed by atoms with Gasteiger partial charge in [-0.1, -0.05) is 20.8 Å². The van der Waals surface area contributed by atoms with E-state index >= 15 is 0 Å². The maximum absolute atomic E-state index is 2.48. The molecule has 1 saturated carbocycles. The molecule has 2 unspecified atom stereocenters. The normalized spacial score (nSPS) is 41.5. The van der Waals surface area contributed by atoms with E-state index in [9.17, 15) is 0 Å². The van der Waals surface area contributed by atoms with E-state index in [1.54, 1.807) is 0 Å². The van der Waals surface area contributed by atoms with Crippen molar-refractivity contribution in [2.45, 2.75) is 27.2 Å². The summed E-state index contributed by atoms with van der Waals surface area (Å²) in [6.07, 6.45) is 1.44. The molecule has 1 aliphatic heterocycles. The van der Waals surface area contributed by atoms with Crippen LogP contribution in [0.5, 0.6) is 0 Å². The Hall–Kier alpha value is -0.0400. The van der Waals surface area contributed by atoms with Crippen LogP contribution < -0.4 is 0 Å². The van der Waals surface area contributed by atoms with E-state index in [0.717, 1.165) is 17.8 Å². The van der Waals surface area contributed by atoms with Gasteiger partial charge < -0.3 is 4.90 Å². The van der Waals surface area contributed by atoms with Crippen LogP contribution in [-0.2, 0) is 0 Å². The van der Waals surface area contributed by atoms with Crippen molar-refractivity contribution in [3.63, 3.8) is 0 Å². The lowest BCUT2D eigenvalue weighted by molar-refractivity contribution is 0.284. The Kier molecular flexibility index (Phi) is 1.76. The molecule has 0 aromatic rings. The molecule has 1 saturated heterocycles. The van der Waals surface area contributed by atoms with Gasteiger partial charge in [-0.3, -0.25) is 0 Å². The molecule has 0 N–H and O–H groups in total. The molecular weight excluding hydrogens is 146 g/mol. The number of likely N-dealkylation sites (tertiary alicyclic amines) is 1. The highest BCUT2D eigenvalue weighted by atomic mass is 15.2. The predicted octanol–water partition coefficient (Wildman–Crippen LogP) is 2.23. The Morgan fingerprint density at radius 1 is 1.17 bits per heavy atom. The lowest BCUT2D eigenvalue weighted by atomic mass is 9.88. The number of hydrogen-bond acceptors (Lipinski definition) is 1. The van der Waals surface area contributed by atoms with Crippen LogP contribution in [0.2, 0.25) is 0 Å². The van der Waals surface area contributed by atoms with Crippen molar-refractivity contribution in [1.29, 1.82) is 0 Å². The molecule has 0 bridgehead atoms. The molecule has 70 valence electrons. The van der Waals surface area contributed by atoms with Gasteiger partial charge in [-0.05, 0) is 36.6 Å². The summed E-state index contributed by atoms with van der Waals surface area (Å²) in [5.41, 5.74) is 0.549. The molecule has 2 rings (SSSR count). The van der Waals surface area contributed by atoms with Gasteiger partial charge in [-0.25, -0.2) is 0 Å². The summed E-state index contributed by atoms with van der Waals surface area (Å²) in [6, 6.07) is 0. The van der Waals surface area contributed by atoms with Gasteiger partial charge in [-0.2, -0.15) is 0 Å². The second kappa shape index (κ2) is 2.47. The first kappa shape index (κ1) is 8.55. The molecule has 2 aliphatic rings. The monoisotopic (exact) mass is 167 g/mol. The topological polar surface area (TPSA) is 3.24 Å². The Morgan fingerprint density at radius 3 is 2.08 bits per heavy atom. The van der Waals surface area contributed by atoms with Gasteiger partial charge in [0.15, 0.2) is 0 Å². The Labute approximate surface area is 76.1 Å². The summed E-state index contributed by atoms with van der Waals surface area (Å²) in [7, 11) is 2.25. The molecule has 0 amide bonds. The smallest absolute Gasteiger partial charge is 0.00127 e. The summed E-state index contributed by atoms with van der Waals surface area (Å²) in [4.78, 5) is 2.48. The van der Waals surface area contributed by atoms with E-state index in [1.165, 1.54) is 19.5 Å². The molecule has 1 nitrogen and oxygen atoms in total. The summed E-state index contributed by atoms with van der Waals surface area (Å²) in [5.74, 6) is 3.20. The highest BCUT2D eigenvalue weighted by molar-refractivity contribution is 5.05. The Morgan fingerprint density at radius 2 is 1.67 bits per heavy atom. The molecule has 2 atom stereocenters. The van der Waals surface area contributed by atoms with Crippen LogP contribution >= 0.6 is 0 Å². The minimum absolute atomic E-state index is 0.549. The van der Waals surface area contributed by atoms with Crippen molar-refractivity contribution in [3.05, 3.63) is 0 Å². The third-order valence-electron chi connectivity index (χ3n) is 3.40. The van der Waals surface area contributed by atoms with Gasteiger partial charge in [0.25, 0.3) is 0 Å². The van der Waals surface area contributed by atoms with Crippen LogP contribution in [0.15, 0.2) is 0 Å². The number of piperidine rings is 1. The lowest BCUT2D eigenvalue weighted by Gasteiger charge is -2.20. The van der Waals surface area contributed by atoms with E-state index in [1.807, 2.05) is 0 Å². The number of hydrogen-bond donors (Lipinski definition) is 0. The minimum atomic E-state index is 0.549. The van der Waals surface area contributed by atoms with Crippen LogP contribution in [-0.4, -0.2) is 25.0 Å². The zero-order chi connectivity index (χ0) is 8.93. The largest absolute Gasteiger partial charge is 0.306 e. The number of nitrogens with zero attached hydrogens (tertiary/aromatic N) is 1. The van der Waals surface area contributed by atoms with Crippen LogP contribution in [0.25, 0.3) is 0 Å². The maximum atomic E-state index is 2.48. The molecule has 2 fully saturated rings. The van der Waals surface area contributed by atoms with Crippen molar-refractivity contribution >= 4 is 0 Å². The standard InChI is InChI=1S/C11H21N/c1-11(2,3)5-8-9-6-12(4)7-10(8)9/h8-10H,5-7H2,1-4H3. The van der Waals surface area contributed by atoms with E-state index in [2.05, 4.69) is 32.7 Å². The minimum Gasteiger partial charge on any atom is -0.306 e. The third kappa shape index (κ3) is 1.52. The van der Waals surface area contributed by atoms with Crippen LogP contribution in [0.3, 0.4) is 0 Å². The predicted molar refractivity (Wildman–Crippen MR) is 52.0 cm³/mol. The van der Waals surface area contributed by atoms with Gasteiger partial charge in [0, 0.05) is 13.1 Å². The zero-order valence-electron chi connectivity index (χ0n) is 8.80. The van der Waals surface area contributed by atoms with Crippen molar-refractivity contribution in [2.75, 3.05) is 20.1 Å². The fourth-order valence-corrected chi connectivity index (χ4v) is 2.87. The van der Waals surface area contributed by atoms with Crippen LogP contribution in [0.4, 0.5) is 0 Å². The van der Waals surface area contributed by atoms with Gasteiger partial charge in [0.2, 0.25) is 0 Å². The Balaban J connectivity index is 1.83. The third-order valence-corrected chi connectivity index (χ3v) is 3.40. The fourth-order valence-electron chi connectivity index (χ4n) is 2.87. The first-order chi connectivity index (χ1) is 5.47. The summed E-state index contributed by atoms with van der Waals surface area (Å²) < 4.78 is 0. The quantitative estimate of drug-likeness (QED) is 0.579. The van der Waals surface area contributed by atoms with E-state index < -0.39 is 0 Å². The van der Waals surface area contributed by atoms with Crippen LogP contribution in [0, 0.1) is 23.2 Å². The molecule has 12 heavy (non-hydrogen) atoms. The number of fused-ring (bicyclic) bond motifs is 1. The molecular formula is C11H21N. The summed E-state index contributed by atoms with van der Waals surface area (Å²) >= 11 is 0. The van der Waals surface area contributed by atoms with Crippen molar-refractivity contribution in [3.8, 4) is 0 Å². The molecule has 1 heterocycles. The SMILES string of the molecule is CN1CC2C(C1)C2CC(C)(C)C. The van der Waals surface area contributed by atoms with Crippen molar-refractivity contribution < 1.29 is 0 Å². The summed E-state index contributed by atoms with van der Waals surface area (Å²) in [5, 5.41) is 0. The first-order valence-electron chi connectivity index (χ1n) is 5.16. The highest BCUT2D eigenvalue weighted by Gasteiger charge is 2.54. The highest BCUT2D eigenvalue weighted by Crippen LogP contribution is 2.55. The maximum Gasteiger partial charge on any atom is 0.00127 e. The molecule has 0 spiro atoms. The summed E-state index contributed by atoms with van der Waals surface area (Å²) in [6.45, 7) is 9.83. The molecule has 1 aliphatic carbocycles. The fraction of sp³-hybridized carbons (Fsp3) is 1.00. The van der Waals surface area contributed by atoms with Crippen molar-refractivity contribution in [1.82, 2.24) is 4.90 Å². The second-order valence-electron chi connectivity index (χ2n) is 5.98. The molecule has 0 aromatic carbocycles. The van der Waals surface area contributed by atoms with Crippen molar-refractivity contribution in [2.24, 2.45) is 23.2 Å². The van der Waals surface area contributed by atoms with E-state index in [4.69, 9.17) is 0 Å². The van der Waals surface area contributed by atoms with E-state index in [0.29, 0.717) is 5.41 Å². The molecule has 0 aromatic heterocycles. The average Bonchev–Trinajstić information content (AvgIpc) is 2.42. The lowest BCUT2D eigenvalue weighted by Crippen LogP contribution is -2.20.